The second-order valence-electron chi connectivity index (χ2n) is 4.73. The summed E-state index contributed by atoms with van der Waals surface area (Å²) in [5.74, 6) is -0.641. The van der Waals surface area contributed by atoms with Crippen molar-refractivity contribution in [2.24, 2.45) is 5.73 Å². The highest BCUT2D eigenvalue weighted by molar-refractivity contribution is 9.10. The molecule has 0 bridgehead atoms. The molecule has 2 atom stereocenters. The highest BCUT2D eigenvalue weighted by Gasteiger charge is 2.29. The first-order valence-corrected chi connectivity index (χ1v) is 6.69. The van der Waals surface area contributed by atoms with Gasteiger partial charge in [-0.05, 0) is 36.1 Å². The summed E-state index contributed by atoms with van der Waals surface area (Å²) in [5.41, 5.74) is 10.3. The molecule has 2 rings (SSSR count). The minimum atomic E-state index is -0.952. The molecule has 1 aliphatic carbocycles. The van der Waals surface area contributed by atoms with Crippen molar-refractivity contribution >= 4 is 27.5 Å². The summed E-state index contributed by atoms with van der Waals surface area (Å²) in [7, 11) is 0. The van der Waals surface area contributed by atoms with Crippen LogP contribution < -0.4 is 5.73 Å². The first-order chi connectivity index (χ1) is 8.43. The summed E-state index contributed by atoms with van der Waals surface area (Å²) < 4.78 is 1.07. The van der Waals surface area contributed by atoms with Gasteiger partial charge in [0.25, 0.3) is 0 Å². The van der Waals surface area contributed by atoms with E-state index in [2.05, 4.69) is 29.8 Å². The van der Waals surface area contributed by atoms with Crippen LogP contribution in [0.4, 0.5) is 0 Å². The minimum absolute atomic E-state index is 0.312. The van der Waals surface area contributed by atoms with Crippen LogP contribution >= 0.6 is 15.9 Å². The summed E-state index contributed by atoms with van der Waals surface area (Å²) >= 11 is 3.56. The molecule has 0 aliphatic heterocycles. The zero-order chi connectivity index (χ0) is 13.4. The Kier molecular flexibility index (Phi) is 3.59. The van der Waals surface area contributed by atoms with Gasteiger partial charge in [0.1, 0.15) is 6.04 Å². The van der Waals surface area contributed by atoms with Crippen LogP contribution in [0.3, 0.4) is 0 Å². The van der Waals surface area contributed by atoms with Crippen LogP contribution in [0.25, 0.3) is 5.57 Å². The Hall–Kier alpha value is -1.13. The predicted molar refractivity (Wildman–Crippen MR) is 75.4 cm³/mol. The number of fused-ring (bicyclic) bond motifs is 1. The fourth-order valence-electron chi connectivity index (χ4n) is 2.51. The molecule has 4 heteroatoms. The Balaban J connectivity index is 2.43. The van der Waals surface area contributed by atoms with Crippen molar-refractivity contribution in [2.75, 3.05) is 0 Å². The van der Waals surface area contributed by atoms with Crippen molar-refractivity contribution in [2.45, 2.75) is 32.2 Å². The molecule has 3 nitrogen and oxygen atoms in total. The number of carboxylic acids is 1. The van der Waals surface area contributed by atoms with E-state index < -0.39 is 12.0 Å². The maximum Gasteiger partial charge on any atom is 0.320 e. The molecule has 0 radical (unpaired) electrons. The fourth-order valence-corrected chi connectivity index (χ4v) is 3.22. The topological polar surface area (TPSA) is 63.3 Å². The number of halogens is 1. The van der Waals surface area contributed by atoms with E-state index in [0.717, 1.165) is 15.6 Å². The summed E-state index contributed by atoms with van der Waals surface area (Å²) in [6.07, 6.45) is 0.384. The van der Waals surface area contributed by atoms with Crippen LogP contribution in [0, 0.1) is 0 Å². The maximum absolute atomic E-state index is 10.9. The molecule has 1 aliphatic rings. The van der Waals surface area contributed by atoms with Gasteiger partial charge in [0.15, 0.2) is 0 Å². The van der Waals surface area contributed by atoms with Gasteiger partial charge in [0.2, 0.25) is 0 Å². The summed E-state index contributed by atoms with van der Waals surface area (Å²) in [4.78, 5) is 10.9. The molecule has 1 aromatic rings. The van der Waals surface area contributed by atoms with Gasteiger partial charge in [-0.1, -0.05) is 40.6 Å². The molecule has 2 unspecified atom stereocenters. The number of hydrogen-bond donors (Lipinski definition) is 2. The number of rotatable bonds is 3. The monoisotopic (exact) mass is 309 g/mol. The van der Waals surface area contributed by atoms with E-state index in [9.17, 15) is 4.79 Å². The van der Waals surface area contributed by atoms with Gasteiger partial charge < -0.3 is 10.8 Å². The molecular weight excluding hydrogens is 294 g/mol. The Labute approximate surface area is 115 Å². The summed E-state index contributed by atoms with van der Waals surface area (Å²) in [6, 6.07) is 5.19. The standard InChI is InChI=1S/C14H16BrNO2/c1-7-8(2)13-9(4-3-5-11(13)15)10(7)6-12(16)14(17)18/h3-5,8,12H,6,16H2,1-2H3,(H,17,18). The molecule has 0 saturated heterocycles. The number of nitrogens with two attached hydrogens (primary N) is 1. The first-order valence-electron chi connectivity index (χ1n) is 5.90. The number of allylic oxidation sites excluding steroid dienone is 1. The van der Waals surface area contributed by atoms with Gasteiger partial charge in [0, 0.05) is 10.4 Å². The zero-order valence-electron chi connectivity index (χ0n) is 10.4. The van der Waals surface area contributed by atoms with Gasteiger partial charge >= 0.3 is 5.97 Å². The van der Waals surface area contributed by atoms with Crippen molar-refractivity contribution in [1.82, 2.24) is 0 Å². The zero-order valence-corrected chi connectivity index (χ0v) is 12.0. The lowest BCUT2D eigenvalue weighted by molar-refractivity contribution is -0.138. The normalized spacial score (nSPS) is 19.9. The molecular formula is C14H16BrNO2. The van der Waals surface area contributed by atoms with Crippen LogP contribution in [-0.2, 0) is 4.79 Å². The largest absolute Gasteiger partial charge is 0.480 e. The van der Waals surface area contributed by atoms with Gasteiger partial charge in [-0.2, -0.15) is 0 Å². The van der Waals surface area contributed by atoms with E-state index in [-0.39, 0.29) is 0 Å². The molecule has 0 spiro atoms. The van der Waals surface area contributed by atoms with E-state index in [1.54, 1.807) is 0 Å². The number of hydrogen-bond acceptors (Lipinski definition) is 2. The summed E-state index contributed by atoms with van der Waals surface area (Å²) in [6.45, 7) is 4.19. The predicted octanol–water partition coefficient (Wildman–Crippen LogP) is 3.14. The van der Waals surface area contributed by atoms with Crippen molar-refractivity contribution < 1.29 is 9.90 Å². The molecule has 0 fully saturated rings. The van der Waals surface area contributed by atoms with Crippen molar-refractivity contribution in [3.63, 3.8) is 0 Å². The molecule has 0 amide bonds. The molecule has 3 N–H and O–H groups in total. The van der Waals surface area contributed by atoms with Crippen molar-refractivity contribution in [3.05, 3.63) is 39.4 Å². The van der Waals surface area contributed by atoms with Gasteiger partial charge in [-0.3, -0.25) is 4.79 Å². The third-order valence-corrected chi connectivity index (χ3v) is 4.37. The van der Waals surface area contributed by atoms with Gasteiger partial charge in [0.05, 0.1) is 0 Å². The molecule has 1 aromatic carbocycles. The van der Waals surface area contributed by atoms with Gasteiger partial charge in [-0.15, -0.1) is 0 Å². The Bertz CT molecular complexity index is 537. The van der Waals surface area contributed by atoms with E-state index >= 15 is 0 Å². The van der Waals surface area contributed by atoms with E-state index in [1.807, 2.05) is 18.2 Å². The number of carbonyl (C=O) groups is 1. The average Bonchev–Trinajstić information content (AvgIpc) is 2.55. The third-order valence-electron chi connectivity index (χ3n) is 3.68. The Morgan fingerprint density at radius 1 is 1.56 bits per heavy atom. The smallest absolute Gasteiger partial charge is 0.320 e. The van der Waals surface area contributed by atoms with E-state index in [1.165, 1.54) is 11.1 Å². The van der Waals surface area contributed by atoms with E-state index in [0.29, 0.717) is 12.3 Å². The van der Waals surface area contributed by atoms with Gasteiger partial charge in [-0.25, -0.2) is 0 Å². The van der Waals surface area contributed by atoms with E-state index in [4.69, 9.17) is 10.8 Å². The van der Waals surface area contributed by atoms with Crippen LogP contribution in [0.1, 0.15) is 37.3 Å². The molecule has 0 saturated carbocycles. The van der Waals surface area contributed by atoms with Crippen LogP contribution in [0.5, 0.6) is 0 Å². The quantitative estimate of drug-likeness (QED) is 0.901. The molecule has 18 heavy (non-hydrogen) atoms. The average molecular weight is 310 g/mol. The highest BCUT2D eigenvalue weighted by atomic mass is 79.9. The second-order valence-corrected chi connectivity index (χ2v) is 5.59. The number of benzene rings is 1. The lowest BCUT2D eigenvalue weighted by Gasteiger charge is -2.10. The fraction of sp³-hybridized carbons (Fsp3) is 0.357. The second kappa shape index (κ2) is 4.86. The van der Waals surface area contributed by atoms with Crippen molar-refractivity contribution in [3.8, 4) is 0 Å². The number of carboxylic acid groups (broad SMARTS) is 1. The Morgan fingerprint density at radius 3 is 2.83 bits per heavy atom. The Morgan fingerprint density at radius 2 is 2.22 bits per heavy atom. The SMILES string of the molecule is CC1=C(CC(N)C(=O)O)c2cccc(Br)c2C1C. The van der Waals surface area contributed by atoms with Crippen LogP contribution in [-0.4, -0.2) is 17.1 Å². The number of aliphatic carboxylic acids is 1. The lowest BCUT2D eigenvalue weighted by atomic mass is 9.99. The lowest BCUT2D eigenvalue weighted by Crippen LogP contribution is -2.30. The third kappa shape index (κ3) is 2.10. The van der Waals surface area contributed by atoms with Crippen molar-refractivity contribution in [1.29, 1.82) is 0 Å². The molecule has 0 aromatic heterocycles. The highest BCUT2D eigenvalue weighted by Crippen LogP contribution is 2.46. The first kappa shape index (κ1) is 13.3. The minimum Gasteiger partial charge on any atom is -0.480 e. The van der Waals surface area contributed by atoms with Crippen LogP contribution in [0.2, 0.25) is 0 Å². The maximum atomic E-state index is 10.9. The molecule has 96 valence electrons. The van der Waals surface area contributed by atoms with Crippen LogP contribution in [0.15, 0.2) is 28.2 Å². The summed E-state index contributed by atoms with van der Waals surface area (Å²) in [5, 5.41) is 8.94. The molecule has 0 heterocycles.